The van der Waals surface area contributed by atoms with Crippen LogP contribution < -0.4 is 5.32 Å². The normalized spacial score (nSPS) is 18.7. The van der Waals surface area contributed by atoms with E-state index in [1.54, 1.807) is 11.3 Å². The van der Waals surface area contributed by atoms with Gasteiger partial charge in [-0.15, -0.1) is 11.3 Å². The number of likely N-dealkylation sites (tertiary alicyclic amines) is 1. The first-order valence-corrected chi connectivity index (χ1v) is 8.29. The van der Waals surface area contributed by atoms with Gasteiger partial charge in [0, 0.05) is 20.0 Å². The number of rotatable bonds is 5. The second-order valence-electron chi connectivity index (χ2n) is 5.51. The summed E-state index contributed by atoms with van der Waals surface area (Å²) in [6.45, 7) is 3.52. The molecule has 0 bridgehead atoms. The van der Waals surface area contributed by atoms with Crippen molar-refractivity contribution in [3.05, 3.63) is 17.3 Å². The van der Waals surface area contributed by atoms with Crippen LogP contribution in [0, 0.1) is 5.92 Å². The van der Waals surface area contributed by atoms with Crippen LogP contribution in [0.4, 0.5) is 5.82 Å². The Balaban J connectivity index is 1.80. The van der Waals surface area contributed by atoms with Crippen LogP contribution in [-0.2, 0) is 11.3 Å². The number of hydrogen-bond donors (Lipinski definition) is 1. The maximum Gasteiger partial charge on any atom is 0.223 e. The zero-order chi connectivity index (χ0) is 14.8. The van der Waals surface area contributed by atoms with Crippen molar-refractivity contribution in [3.8, 4) is 0 Å². The highest BCUT2D eigenvalue weighted by Crippen LogP contribution is 2.27. The SMILES string of the molecule is CCCC1CC(=O)N(Cc2nc(NC)c3ccsc3n2)C1. The summed E-state index contributed by atoms with van der Waals surface area (Å²) in [5.41, 5.74) is 0. The number of nitrogens with one attached hydrogen (secondary N) is 1. The van der Waals surface area contributed by atoms with Crippen LogP contribution in [0.25, 0.3) is 10.2 Å². The summed E-state index contributed by atoms with van der Waals surface area (Å²) >= 11 is 1.60. The first kappa shape index (κ1) is 14.3. The van der Waals surface area contributed by atoms with Crippen molar-refractivity contribution in [1.29, 1.82) is 0 Å². The third-order valence-electron chi connectivity index (χ3n) is 3.93. The van der Waals surface area contributed by atoms with Gasteiger partial charge in [-0.25, -0.2) is 9.97 Å². The minimum atomic E-state index is 0.231. The maximum atomic E-state index is 12.1. The van der Waals surface area contributed by atoms with Crippen LogP contribution in [0.1, 0.15) is 32.0 Å². The molecule has 0 spiro atoms. The van der Waals surface area contributed by atoms with Gasteiger partial charge in [-0.05, 0) is 23.8 Å². The van der Waals surface area contributed by atoms with Gasteiger partial charge >= 0.3 is 0 Å². The number of anilines is 1. The molecule has 0 aromatic carbocycles. The van der Waals surface area contributed by atoms with Crippen LogP contribution in [0.15, 0.2) is 11.4 Å². The van der Waals surface area contributed by atoms with Gasteiger partial charge in [0.15, 0.2) is 5.82 Å². The minimum Gasteiger partial charge on any atom is -0.372 e. The monoisotopic (exact) mass is 304 g/mol. The topological polar surface area (TPSA) is 58.1 Å². The molecule has 3 rings (SSSR count). The Kier molecular flexibility index (Phi) is 4.05. The molecule has 1 N–H and O–H groups in total. The van der Waals surface area contributed by atoms with E-state index in [0.29, 0.717) is 18.9 Å². The fourth-order valence-corrected chi connectivity index (χ4v) is 3.72. The van der Waals surface area contributed by atoms with Crippen molar-refractivity contribution in [1.82, 2.24) is 14.9 Å². The Bertz CT molecular complexity index is 654. The van der Waals surface area contributed by atoms with Gasteiger partial charge in [0.2, 0.25) is 5.91 Å². The average Bonchev–Trinajstić information content (AvgIpc) is 3.06. The lowest BCUT2D eigenvalue weighted by Crippen LogP contribution is -2.25. The number of carbonyl (C=O) groups excluding carboxylic acids is 1. The molecule has 0 radical (unpaired) electrons. The number of nitrogens with zero attached hydrogens (tertiary/aromatic N) is 3. The number of fused-ring (bicyclic) bond motifs is 1. The number of hydrogen-bond acceptors (Lipinski definition) is 5. The molecule has 112 valence electrons. The van der Waals surface area contributed by atoms with Crippen LogP contribution in [0.5, 0.6) is 0 Å². The number of amides is 1. The van der Waals surface area contributed by atoms with E-state index in [1.807, 2.05) is 23.4 Å². The van der Waals surface area contributed by atoms with E-state index in [9.17, 15) is 4.79 Å². The van der Waals surface area contributed by atoms with Crippen molar-refractivity contribution in [3.63, 3.8) is 0 Å². The van der Waals surface area contributed by atoms with Crippen LogP contribution in [-0.4, -0.2) is 34.4 Å². The first-order chi connectivity index (χ1) is 10.2. The first-order valence-electron chi connectivity index (χ1n) is 7.41. The number of carbonyl (C=O) groups is 1. The molecule has 1 aliphatic heterocycles. The summed E-state index contributed by atoms with van der Waals surface area (Å²) in [4.78, 5) is 24.1. The summed E-state index contributed by atoms with van der Waals surface area (Å²) in [7, 11) is 1.86. The molecule has 1 aliphatic rings. The van der Waals surface area contributed by atoms with Gasteiger partial charge in [0.25, 0.3) is 0 Å². The molecule has 0 aliphatic carbocycles. The Labute approximate surface area is 128 Å². The lowest BCUT2D eigenvalue weighted by Gasteiger charge is -2.16. The highest BCUT2D eigenvalue weighted by atomic mass is 32.1. The molecule has 0 saturated carbocycles. The highest BCUT2D eigenvalue weighted by Gasteiger charge is 2.29. The molecular formula is C15H20N4OS. The lowest BCUT2D eigenvalue weighted by atomic mass is 10.0. The van der Waals surface area contributed by atoms with Gasteiger partial charge < -0.3 is 10.2 Å². The molecule has 3 heterocycles. The van der Waals surface area contributed by atoms with Gasteiger partial charge in [-0.2, -0.15) is 0 Å². The van der Waals surface area contributed by atoms with E-state index >= 15 is 0 Å². The van der Waals surface area contributed by atoms with Crippen molar-refractivity contribution in [2.45, 2.75) is 32.7 Å². The van der Waals surface area contributed by atoms with Crippen molar-refractivity contribution in [2.24, 2.45) is 5.92 Å². The van der Waals surface area contributed by atoms with Gasteiger partial charge in [-0.3, -0.25) is 4.79 Å². The van der Waals surface area contributed by atoms with E-state index in [4.69, 9.17) is 0 Å². The molecule has 2 aromatic rings. The largest absolute Gasteiger partial charge is 0.372 e. The molecule has 1 unspecified atom stereocenters. The third kappa shape index (κ3) is 2.85. The quantitative estimate of drug-likeness (QED) is 0.923. The molecule has 1 atom stereocenters. The van der Waals surface area contributed by atoms with Gasteiger partial charge in [0.1, 0.15) is 10.6 Å². The summed E-state index contributed by atoms with van der Waals surface area (Å²) in [5.74, 6) is 2.29. The predicted octanol–water partition coefficient (Wildman–Crippen LogP) is 2.88. The average molecular weight is 304 g/mol. The molecule has 21 heavy (non-hydrogen) atoms. The Hall–Kier alpha value is -1.69. The smallest absolute Gasteiger partial charge is 0.223 e. The Morgan fingerprint density at radius 2 is 2.33 bits per heavy atom. The van der Waals surface area contributed by atoms with Gasteiger partial charge in [0.05, 0.1) is 11.9 Å². The molecule has 1 fully saturated rings. The zero-order valence-electron chi connectivity index (χ0n) is 12.4. The third-order valence-corrected chi connectivity index (χ3v) is 4.74. The number of thiophene rings is 1. The molecular weight excluding hydrogens is 284 g/mol. The zero-order valence-corrected chi connectivity index (χ0v) is 13.2. The van der Waals surface area contributed by atoms with E-state index < -0.39 is 0 Å². The van der Waals surface area contributed by atoms with Crippen molar-refractivity contribution >= 4 is 33.3 Å². The fraction of sp³-hybridized carbons (Fsp3) is 0.533. The predicted molar refractivity (Wildman–Crippen MR) is 85.4 cm³/mol. The van der Waals surface area contributed by atoms with Crippen molar-refractivity contribution in [2.75, 3.05) is 18.9 Å². The van der Waals surface area contributed by atoms with Crippen LogP contribution >= 0.6 is 11.3 Å². The molecule has 2 aromatic heterocycles. The Morgan fingerprint density at radius 1 is 1.48 bits per heavy atom. The standard InChI is InChI=1S/C15H20N4OS/c1-3-4-10-7-13(20)19(8-10)9-12-17-14(16-2)11-5-6-21-15(11)18-12/h5-6,10H,3-4,7-9H2,1-2H3,(H,16,17,18). The molecule has 1 amide bonds. The summed E-state index contributed by atoms with van der Waals surface area (Å²) in [6.07, 6.45) is 2.93. The van der Waals surface area contributed by atoms with E-state index in [1.165, 1.54) is 0 Å². The van der Waals surface area contributed by atoms with Gasteiger partial charge in [-0.1, -0.05) is 13.3 Å². The van der Waals surface area contributed by atoms with Crippen LogP contribution in [0.3, 0.4) is 0 Å². The fourth-order valence-electron chi connectivity index (χ4n) is 2.94. The summed E-state index contributed by atoms with van der Waals surface area (Å²) < 4.78 is 0. The highest BCUT2D eigenvalue weighted by molar-refractivity contribution is 7.16. The Morgan fingerprint density at radius 3 is 3.10 bits per heavy atom. The van der Waals surface area contributed by atoms with E-state index in [2.05, 4.69) is 22.2 Å². The van der Waals surface area contributed by atoms with Crippen molar-refractivity contribution < 1.29 is 4.79 Å². The van der Waals surface area contributed by atoms with Crippen LogP contribution in [0.2, 0.25) is 0 Å². The summed E-state index contributed by atoms with van der Waals surface area (Å²) in [5, 5.41) is 6.17. The summed E-state index contributed by atoms with van der Waals surface area (Å²) in [6, 6.07) is 2.02. The van der Waals surface area contributed by atoms with E-state index in [-0.39, 0.29) is 5.91 Å². The number of aromatic nitrogens is 2. The lowest BCUT2D eigenvalue weighted by molar-refractivity contribution is -0.128. The molecule has 6 heteroatoms. The van der Waals surface area contributed by atoms with E-state index in [0.717, 1.165) is 41.2 Å². The minimum absolute atomic E-state index is 0.231. The molecule has 5 nitrogen and oxygen atoms in total. The second-order valence-corrected chi connectivity index (χ2v) is 6.41. The maximum absolute atomic E-state index is 12.1. The second kappa shape index (κ2) is 5.97. The molecule has 1 saturated heterocycles.